The number of carbonyl (C=O) groups is 1. The van der Waals surface area contributed by atoms with Crippen LogP contribution >= 0.6 is 11.8 Å². The van der Waals surface area contributed by atoms with Crippen LogP contribution in [0.5, 0.6) is 0 Å². The second-order valence-corrected chi connectivity index (χ2v) is 18.8. The molecule has 0 bridgehead atoms. The summed E-state index contributed by atoms with van der Waals surface area (Å²) in [5.74, 6) is -1.91. The number of nitrogens with zero attached hydrogens (tertiary/aromatic N) is 2. The normalized spacial score (nSPS) is 26.1. The van der Waals surface area contributed by atoms with Crippen molar-refractivity contribution in [2.75, 3.05) is 27.1 Å². The third kappa shape index (κ3) is 6.45. The van der Waals surface area contributed by atoms with Gasteiger partial charge in [0.25, 0.3) is 0 Å². The first-order chi connectivity index (χ1) is 16.1. The lowest BCUT2D eigenvalue weighted by Gasteiger charge is -2.38. The lowest BCUT2D eigenvalue weighted by molar-refractivity contribution is 0.0109. The summed E-state index contributed by atoms with van der Waals surface area (Å²) < 4.78 is 45.9. The largest absolute Gasteiger partial charge is 0.443 e. The van der Waals surface area contributed by atoms with E-state index in [4.69, 9.17) is 19.2 Å². The molecular weight excluding hydrogens is 490 g/mol. The number of fused-ring (bicyclic) bond motifs is 1. The van der Waals surface area contributed by atoms with E-state index in [-0.39, 0.29) is 18.2 Å². The fraction of sp³-hybridized carbons (Fsp3) is 0.680. The van der Waals surface area contributed by atoms with Crippen LogP contribution in [0, 0.1) is 17.6 Å². The number of carbonyl (C=O) groups excluding carboxylic acids is 1. The quantitative estimate of drug-likeness (QED) is 0.227. The minimum Gasteiger partial charge on any atom is -0.443 e. The van der Waals surface area contributed by atoms with Crippen LogP contribution in [-0.2, 0) is 19.7 Å². The van der Waals surface area contributed by atoms with Gasteiger partial charge in [0.2, 0.25) is 0 Å². The first-order valence-corrected chi connectivity index (χ1v) is 16.4. The van der Waals surface area contributed by atoms with E-state index in [9.17, 15) is 13.6 Å². The standard InChI is InChI=1S/C25H38F2N2O4SSi/c1-23(2,3)33-22(30)29(16-32-12-13-35(6,7)8)21-28-24(4,17-10-9-11-18(26)20(17)27)19-14-25(19,34-21)15-31-5/h9-11,19H,12-16H2,1-8H3/t19-,24+,25+/m0/s1. The van der Waals surface area contributed by atoms with Gasteiger partial charge in [-0.2, -0.15) is 0 Å². The van der Waals surface area contributed by atoms with Crippen molar-refractivity contribution in [3.05, 3.63) is 35.4 Å². The van der Waals surface area contributed by atoms with Gasteiger partial charge in [-0.3, -0.25) is 4.99 Å². The van der Waals surface area contributed by atoms with Crippen LogP contribution in [0.4, 0.5) is 13.6 Å². The van der Waals surface area contributed by atoms with Crippen molar-refractivity contribution < 1.29 is 27.8 Å². The Kier molecular flexibility index (Phi) is 8.11. The van der Waals surface area contributed by atoms with E-state index in [1.165, 1.54) is 22.7 Å². The highest BCUT2D eigenvalue weighted by atomic mass is 32.2. The van der Waals surface area contributed by atoms with Crippen LogP contribution in [0.15, 0.2) is 23.2 Å². The summed E-state index contributed by atoms with van der Waals surface area (Å²) in [5.41, 5.74) is -1.64. The zero-order valence-corrected chi connectivity index (χ0v) is 23.9. The number of amides is 1. The summed E-state index contributed by atoms with van der Waals surface area (Å²) in [6, 6.07) is 5.09. The SMILES string of the molecule is COC[C@]12C[C@H]1[C@@](C)(c1cccc(F)c1F)N=C(N(COCC[Si](C)(C)C)C(=O)OC(C)(C)C)S2. The lowest BCUT2D eigenvalue weighted by Crippen LogP contribution is -2.46. The summed E-state index contributed by atoms with van der Waals surface area (Å²) in [4.78, 5) is 19.5. The van der Waals surface area contributed by atoms with Crippen molar-refractivity contribution in [1.29, 1.82) is 0 Å². The number of hydrogen-bond acceptors (Lipinski definition) is 6. The fourth-order valence-electron chi connectivity index (χ4n) is 4.32. The molecule has 1 fully saturated rings. The maximum Gasteiger partial charge on any atom is 0.418 e. The van der Waals surface area contributed by atoms with Gasteiger partial charge in [-0.25, -0.2) is 18.5 Å². The Balaban J connectivity index is 2.00. The molecule has 0 N–H and O–H groups in total. The number of rotatable bonds is 8. The first-order valence-electron chi connectivity index (χ1n) is 11.9. The van der Waals surface area contributed by atoms with Gasteiger partial charge >= 0.3 is 6.09 Å². The highest BCUT2D eigenvalue weighted by Crippen LogP contribution is 2.66. The van der Waals surface area contributed by atoms with Crippen LogP contribution in [0.2, 0.25) is 25.7 Å². The Morgan fingerprint density at radius 2 is 1.97 bits per heavy atom. The monoisotopic (exact) mass is 528 g/mol. The molecule has 1 amide bonds. The Bertz CT molecular complexity index is 981. The fourth-order valence-corrected chi connectivity index (χ4v) is 6.71. The highest BCUT2D eigenvalue weighted by molar-refractivity contribution is 8.15. The van der Waals surface area contributed by atoms with Gasteiger partial charge < -0.3 is 14.2 Å². The molecule has 35 heavy (non-hydrogen) atoms. The van der Waals surface area contributed by atoms with Crippen molar-refractivity contribution in [3.63, 3.8) is 0 Å². The Labute approximate surface area is 212 Å². The van der Waals surface area contributed by atoms with Gasteiger partial charge in [-0.1, -0.05) is 43.5 Å². The number of amidine groups is 1. The van der Waals surface area contributed by atoms with E-state index in [2.05, 4.69) is 19.6 Å². The van der Waals surface area contributed by atoms with Gasteiger partial charge in [0.05, 0.1) is 16.9 Å². The van der Waals surface area contributed by atoms with Crippen LogP contribution in [-0.4, -0.2) is 61.6 Å². The summed E-state index contributed by atoms with van der Waals surface area (Å²) in [7, 11) is 0.284. The minimum absolute atomic E-state index is 0.0410. The predicted molar refractivity (Wildman–Crippen MR) is 138 cm³/mol. The van der Waals surface area contributed by atoms with Gasteiger partial charge in [-0.15, -0.1) is 0 Å². The number of aliphatic imine (C=N–C) groups is 1. The number of halogens is 2. The van der Waals surface area contributed by atoms with Gasteiger partial charge in [-0.05, 0) is 46.2 Å². The molecule has 0 aromatic heterocycles. The highest BCUT2D eigenvalue weighted by Gasteiger charge is 2.67. The molecule has 0 unspecified atom stereocenters. The number of ether oxygens (including phenoxy) is 3. The van der Waals surface area contributed by atoms with E-state index in [0.29, 0.717) is 24.8 Å². The molecule has 1 aliphatic heterocycles. The number of hydrogen-bond donors (Lipinski definition) is 0. The summed E-state index contributed by atoms with van der Waals surface area (Å²) in [6.07, 6.45) is 0.106. The molecule has 6 nitrogen and oxygen atoms in total. The van der Waals surface area contributed by atoms with Crippen LogP contribution in [0.25, 0.3) is 0 Å². The molecule has 0 spiro atoms. The maximum absolute atomic E-state index is 15.0. The average Bonchev–Trinajstić information content (AvgIpc) is 3.43. The Hall–Kier alpha value is -1.49. The molecule has 1 heterocycles. The molecule has 1 saturated carbocycles. The first kappa shape index (κ1) is 28.1. The van der Waals surface area contributed by atoms with Gasteiger partial charge in [0.15, 0.2) is 16.8 Å². The molecule has 196 valence electrons. The number of benzene rings is 1. The summed E-state index contributed by atoms with van der Waals surface area (Å²) >= 11 is 1.43. The third-order valence-electron chi connectivity index (χ3n) is 6.27. The van der Waals surface area contributed by atoms with Crippen molar-refractivity contribution >= 4 is 31.1 Å². The molecule has 0 radical (unpaired) electrons. The third-order valence-corrected chi connectivity index (χ3v) is 9.45. The van der Waals surface area contributed by atoms with E-state index in [1.54, 1.807) is 40.9 Å². The Morgan fingerprint density at radius 1 is 1.29 bits per heavy atom. The lowest BCUT2D eigenvalue weighted by atomic mass is 9.85. The van der Waals surface area contributed by atoms with Crippen molar-refractivity contribution in [2.24, 2.45) is 10.9 Å². The zero-order valence-electron chi connectivity index (χ0n) is 22.0. The van der Waals surface area contributed by atoms with Crippen molar-refractivity contribution in [1.82, 2.24) is 4.90 Å². The molecular formula is C25H38F2N2O4SSi. The maximum atomic E-state index is 15.0. The Morgan fingerprint density at radius 3 is 2.57 bits per heavy atom. The van der Waals surface area contributed by atoms with Crippen LogP contribution in [0.3, 0.4) is 0 Å². The van der Waals surface area contributed by atoms with Gasteiger partial charge in [0, 0.05) is 33.3 Å². The molecule has 10 heteroatoms. The van der Waals surface area contributed by atoms with Gasteiger partial charge in [0.1, 0.15) is 12.3 Å². The summed E-state index contributed by atoms with van der Waals surface area (Å²) in [5, 5.41) is 0.365. The van der Waals surface area contributed by atoms with Crippen LogP contribution < -0.4 is 0 Å². The molecule has 1 aromatic carbocycles. The topological polar surface area (TPSA) is 60.4 Å². The molecule has 1 aliphatic carbocycles. The molecule has 2 aliphatic rings. The molecule has 3 rings (SSSR count). The number of methoxy groups -OCH3 is 1. The minimum atomic E-state index is -1.33. The summed E-state index contributed by atoms with van der Waals surface area (Å²) in [6.45, 7) is 14.8. The van der Waals surface area contributed by atoms with E-state index in [0.717, 1.165) is 12.1 Å². The smallest absolute Gasteiger partial charge is 0.418 e. The van der Waals surface area contributed by atoms with Crippen LogP contribution in [0.1, 0.15) is 39.7 Å². The van der Waals surface area contributed by atoms with Crippen molar-refractivity contribution in [3.8, 4) is 0 Å². The molecule has 1 aromatic rings. The zero-order chi connectivity index (χ0) is 26.2. The average molecular weight is 529 g/mol. The second-order valence-electron chi connectivity index (χ2n) is 11.8. The van der Waals surface area contributed by atoms with Crippen molar-refractivity contribution in [2.45, 2.75) is 75.7 Å². The number of thioether (sulfide) groups is 1. The second kappa shape index (κ2) is 10.1. The van der Waals surface area contributed by atoms with E-state index < -0.39 is 41.7 Å². The predicted octanol–water partition coefficient (Wildman–Crippen LogP) is 6.24. The van der Waals surface area contributed by atoms with E-state index >= 15 is 0 Å². The molecule has 3 atom stereocenters. The molecule has 0 saturated heterocycles. The van der Waals surface area contributed by atoms with E-state index in [1.807, 2.05) is 0 Å².